The van der Waals surface area contributed by atoms with Crippen LogP contribution in [0.4, 0.5) is 5.82 Å². The Kier molecular flexibility index (Phi) is 3.27. The highest BCUT2D eigenvalue weighted by Gasteiger charge is 2.15. The van der Waals surface area contributed by atoms with E-state index in [1.165, 1.54) is 12.5 Å². The van der Waals surface area contributed by atoms with E-state index in [0.717, 1.165) is 11.5 Å². The van der Waals surface area contributed by atoms with Gasteiger partial charge in [0.15, 0.2) is 0 Å². The topological polar surface area (TPSA) is 88.2 Å². The second-order valence-electron chi connectivity index (χ2n) is 3.90. The molecule has 1 atom stereocenters. The molecule has 0 aliphatic heterocycles. The first-order valence-corrected chi connectivity index (χ1v) is 5.44. The number of aryl methyl sites for hydroxylation is 1. The maximum atomic E-state index is 11.0. The van der Waals surface area contributed by atoms with E-state index in [1.807, 2.05) is 26.0 Å². The summed E-state index contributed by atoms with van der Waals surface area (Å²) in [6.07, 6.45) is 2.56. The van der Waals surface area contributed by atoms with E-state index >= 15 is 0 Å². The van der Waals surface area contributed by atoms with Gasteiger partial charge in [-0.25, -0.2) is 14.8 Å². The van der Waals surface area contributed by atoms with E-state index < -0.39 is 5.97 Å². The van der Waals surface area contributed by atoms with Crippen molar-refractivity contribution >= 4 is 11.8 Å². The zero-order chi connectivity index (χ0) is 13.1. The molecule has 2 aromatic rings. The van der Waals surface area contributed by atoms with Crippen LogP contribution in [-0.2, 0) is 0 Å². The minimum absolute atomic E-state index is 0.0348. The van der Waals surface area contributed by atoms with Crippen LogP contribution in [0.5, 0.6) is 0 Å². The van der Waals surface area contributed by atoms with Gasteiger partial charge in [-0.2, -0.15) is 0 Å². The standard InChI is InChI=1S/C12H13N3O3/c1-7-3-4-10(18-7)8(2)15-11-9(12(16)17)5-13-6-14-11/h3-6,8H,1-2H3,(H,16,17)(H,13,14,15). The molecular weight excluding hydrogens is 234 g/mol. The Morgan fingerprint density at radius 2 is 2.28 bits per heavy atom. The van der Waals surface area contributed by atoms with E-state index in [-0.39, 0.29) is 17.4 Å². The predicted octanol–water partition coefficient (Wildman–Crippen LogP) is 2.25. The summed E-state index contributed by atoms with van der Waals surface area (Å²) >= 11 is 0. The van der Waals surface area contributed by atoms with Gasteiger partial charge in [0.1, 0.15) is 29.2 Å². The van der Waals surface area contributed by atoms with Gasteiger partial charge in [-0.1, -0.05) is 0 Å². The molecule has 18 heavy (non-hydrogen) atoms. The Morgan fingerprint density at radius 1 is 1.50 bits per heavy atom. The molecule has 94 valence electrons. The van der Waals surface area contributed by atoms with E-state index in [1.54, 1.807) is 0 Å². The molecule has 0 saturated carbocycles. The number of carboxylic acids is 1. The monoisotopic (exact) mass is 247 g/mol. The average molecular weight is 247 g/mol. The van der Waals surface area contributed by atoms with Crippen LogP contribution in [0.15, 0.2) is 29.1 Å². The quantitative estimate of drug-likeness (QED) is 0.861. The van der Waals surface area contributed by atoms with Crippen molar-refractivity contribution < 1.29 is 14.3 Å². The van der Waals surface area contributed by atoms with Crippen LogP contribution >= 0.6 is 0 Å². The van der Waals surface area contributed by atoms with Crippen LogP contribution in [0.1, 0.15) is 34.8 Å². The number of aromatic nitrogens is 2. The Hall–Kier alpha value is -2.37. The molecular formula is C12H13N3O3. The number of rotatable bonds is 4. The van der Waals surface area contributed by atoms with E-state index in [4.69, 9.17) is 9.52 Å². The first-order chi connectivity index (χ1) is 8.58. The molecule has 2 aromatic heterocycles. The maximum absolute atomic E-state index is 11.0. The molecule has 0 bridgehead atoms. The van der Waals surface area contributed by atoms with Gasteiger partial charge >= 0.3 is 5.97 Å². The van der Waals surface area contributed by atoms with Crippen molar-refractivity contribution in [3.63, 3.8) is 0 Å². The van der Waals surface area contributed by atoms with Gasteiger partial charge in [-0.05, 0) is 26.0 Å². The molecule has 0 aromatic carbocycles. The Morgan fingerprint density at radius 3 is 2.89 bits per heavy atom. The van der Waals surface area contributed by atoms with Gasteiger partial charge in [0.2, 0.25) is 0 Å². The van der Waals surface area contributed by atoms with Crippen molar-refractivity contribution in [2.75, 3.05) is 5.32 Å². The predicted molar refractivity (Wildman–Crippen MR) is 64.5 cm³/mol. The van der Waals surface area contributed by atoms with Gasteiger partial charge < -0.3 is 14.8 Å². The Balaban J connectivity index is 2.21. The molecule has 0 fully saturated rings. The zero-order valence-corrected chi connectivity index (χ0v) is 10.0. The van der Waals surface area contributed by atoms with Crippen LogP contribution in [-0.4, -0.2) is 21.0 Å². The highest BCUT2D eigenvalue weighted by Crippen LogP contribution is 2.21. The Bertz CT molecular complexity index is 565. The SMILES string of the molecule is Cc1ccc(C(C)Nc2ncncc2C(=O)O)o1. The van der Waals surface area contributed by atoms with Gasteiger partial charge in [-0.15, -0.1) is 0 Å². The summed E-state index contributed by atoms with van der Waals surface area (Å²) in [5.74, 6) is 0.738. The first-order valence-electron chi connectivity index (χ1n) is 5.44. The van der Waals surface area contributed by atoms with Crippen LogP contribution in [0.2, 0.25) is 0 Å². The smallest absolute Gasteiger partial charge is 0.341 e. The molecule has 2 N–H and O–H groups in total. The Labute approximate surface area is 104 Å². The summed E-state index contributed by atoms with van der Waals surface area (Å²) in [4.78, 5) is 18.6. The van der Waals surface area contributed by atoms with Gasteiger partial charge in [0, 0.05) is 6.20 Å². The van der Waals surface area contributed by atoms with Crippen LogP contribution in [0, 0.1) is 6.92 Å². The molecule has 0 radical (unpaired) electrons. The molecule has 0 aliphatic carbocycles. The maximum Gasteiger partial charge on any atom is 0.341 e. The zero-order valence-electron chi connectivity index (χ0n) is 10.0. The second kappa shape index (κ2) is 4.87. The number of carbonyl (C=O) groups is 1. The molecule has 2 rings (SSSR count). The number of aromatic carboxylic acids is 1. The van der Waals surface area contributed by atoms with E-state index in [9.17, 15) is 4.79 Å². The van der Waals surface area contributed by atoms with Crippen LogP contribution < -0.4 is 5.32 Å². The highest BCUT2D eigenvalue weighted by atomic mass is 16.4. The first kappa shape index (κ1) is 12.1. The number of anilines is 1. The summed E-state index contributed by atoms with van der Waals surface area (Å²) < 4.78 is 5.46. The fraction of sp³-hybridized carbons (Fsp3) is 0.250. The molecule has 0 aliphatic rings. The molecule has 1 unspecified atom stereocenters. The summed E-state index contributed by atoms with van der Waals surface area (Å²) in [6, 6.07) is 3.52. The van der Waals surface area contributed by atoms with Crippen molar-refractivity contribution in [2.24, 2.45) is 0 Å². The third-order valence-electron chi connectivity index (χ3n) is 2.48. The lowest BCUT2D eigenvalue weighted by atomic mass is 10.2. The fourth-order valence-electron chi connectivity index (χ4n) is 1.56. The minimum Gasteiger partial charge on any atom is -0.477 e. The summed E-state index contributed by atoms with van der Waals surface area (Å²) in [5, 5.41) is 12.0. The number of hydrogen-bond donors (Lipinski definition) is 2. The number of nitrogens with one attached hydrogen (secondary N) is 1. The summed E-state index contributed by atoms with van der Waals surface area (Å²) in [7, 11) is 0. The number of furan rings is 1. The molecule has 0 saturated heterocycles. The molecule has 6 heteroatoms. The normalized spacial score (nSPS) is 12.1. The molecule has 2 heterocycles. The largest absolute Gasteiger partial charge is 0.477 e. The van der Waals surface area contributed by atoms with Crippen LogP contribution in [0.3, 0.4) is 0 Å². The van der Waals surface area contributed by atoms with Crippen molar-refractivity contribution in [1.82, 2.24) is 9.97 Å². The molecule has 0 amide bonds. The third-order valence-corrected chi connectivity index (χ3v) is 2.48. The third kappa shape index (κ3) is 2.48. The summed E-state index contributed by atoms with van der Waals surface area (Å²) in [5.41, 5.74) is 0.0348. The van der Waals surface area contributed by atoms with E-state index in [2.05, 4.69) is 15.3 Å². The lowest BCUT2D eigenvalue weighted by Crippen LogP contribution is -2.12. The van der Waals surface area contributed by atoms with Crippen molar-refractivity contribution in [2.45, 2.75) is 19.9 Å². The van der Waals surface area contributed by atoms with Gasteiger partial charge in [0.25, 0.3) is 0 Å². The van der Waals surface area contributed by atoms with Crippen LogP contribution in [0.25, 0.3) is 0 Å². The summed E-state index contributed by atoms with van der Waals surface area (Å²) in [6.45, 7) is 3.72. The van der Waals surface area contributed by atoms with Gasteiger partial charge in [-0.3, -0.25) is 0 Å². The number of carboxylic acid groups (broad SMARTS) is 1. The number of nitrogens with zero attached hydrogens (tertiary/aromatic N) is 2. The van der Waals surface area contributed by atoms with Crippen molar-refractivity contribution in [3.05, 3.63) is 41.7 Å². The molecule has 0 spiro atoms. The second-order valence-corrected chi connectivity index (χ2v) is 3.90. The molecule has 6 nitrogen and oxygen atoms in total. The average Bonchev–Trinajstić information content (AvgIpc) is 2.76. The van der Waals surface area contributed by atoms with E-state index in [0.29, 0.717) is 0 Å². The minimum atomic E-state index is -1.07. The number of hydrogen-bond acceptors (Lipinski definition) is 5. The van der Waals surface area contributed by atoms with Gasteiger partial charge in [0.05, 0.1) is 6.04 Å². The highest BCUT2D eigenvalue weighted by molar-refractivity contribution is 5.92. The lowest BCUT2D eigenvalue weighted by molar-refractivity contribution is 0.0697. The lowest BCUT2D eigenvalue weighted by Gasteiger charge is -2.13. The fourth-order valence-corrected chi connectivity index (χ4v) is 1.56. The van der Waals surface area contributed by atoms with Crippen molar-refractivity contribution in [1.29, 1.82) is 0 Å². The van der Waals surface area contributed by atoms with Crippen molar-refractivity contribution in [3.8, 4) is 0 Å².